The van der Waals surface area contributed by atoms with Crippen LogP contribution in [0.15, 0.2) is 18.2 Å². The van der Waals surface area contributed by atoms with Gasteiger partial charge in [0.25, 0.3) is 0 Å². The molecule has 0 aromatic heterocycles. The van der Waals surface area contributed by atoms with Crippen molar-refractivity contribution >= 4 is 0 Å². The minimum atomic E-state index is -0.435. The maximum absolute atomic E-state index is 13.8. The van der Waals surface area contributed by atoms with Crippen LogP contribution in [-0.4, -0.2) is 6.54 Å². The van der Waals surface area contributed by atoms with Gasteiger partial charge in [-0.2, -0.15) is 0 Å². The fourth-order valence-electron chi connectivity index (χ4n) is 2.59. The van der Waals surface area contributed by atoms with E-state index in [1.54, 1.807) is 0 Å². The summed E-state index contributed by atoms with van der Waals surface area (Å²) in [5, 5.41) is 3.29. The quantitative estimate of drug-likeness (QED) is 0.786. The van der Waals surface area contributed by atoms with Crippen LogP contribution in [0.1, 0.15) is 44.2 Å². The third-order valence-electron chi connectivity index (χ3n) is 3.58. The van der Waals surface area contributed by atoms with E-state index >= 15 is 0 Å². The lowest BCUT2D eigenvalue weighted by Crippen LogP contribution is -2.31. The number of benzene rings is 1. The average molecular weight is 239 g/mol. The van der Waals surface area contributed by atoms with Crippen molar-refractivity contribution in [2.24, 2.45) is 5.92 Å². The summed E-state index contributed by atoms with van der Waals surface area (Å²) in [6.45, 7) is 2.90. The van der Waals surface area contributed by atoms with Gasteiger partial charge in [-0.15, -0.1) is 0 Å². The van der Waals surface area contributed by atoms with E-state index in [1.165, 1.54) is 24.6 Å². The van der Waals surface area contributed by atoms with Crippen LogP contribution in [0, 0.1) is 17.6 Å². The lowest BCUT2D eigenvalue weighted by atomic mass is 9.88. The molecule has 0 radical (unpaired) electrons. The zero-order valence-electron chi connectivity index (χ0n) is 10.2. The molecule has 1 N–H and O–H groups in total. The van der Waals surface area contributed by atoms with Crippen molar-refractivity contribution in [2.75, 3.05) is 6.54 Å². The first kappa shape index (κ1) is 12.5. The molecule has 0 aliphatic carbocycles. The molecule has 2 rings (SSSR count). The van der Waals surface area contributed by atoms with Gasteiger partial charge in [0, 0.05) is 11.6 Å². The molecule has 0 spiro atoms. The van der Waals surface area contributed by atoms with E-state index in [0.29, 0.717) is 0 Å². The Morgan fingerprint density at radius 3 is 2.53 bits per heavy atom. The molecule has 1 aliphatic rings. The number of halogens is 2. The van der Waals surface area contributed by atoms with E-state index in [0.717, 1.165) is 25.8 Å². The summed E-state index contributed by atoms with van der Waals surface area (Å²) in [6.07, 6.45) is 4.45. The molecule has 2 unspecified atom stereocenters. The molecule has 1 saturated heterocycles. The van der Waals surface area contributed by atoms with Crippen molar-refractivity contribution in [3.8, 4) is 0 Å². The standard InChI is InChI=1S/C14H19F2N/c1-10-6-3-2-4-9-17-14(10)13-11(15)7-5-8-12(13)16/h5,7-8,10,14,17H,2-4,6,9H2,1H3. The number of rotatable bonds is 1. The predicted molar refractivity (Wildman–Crippen MR) is 64.7 cm³/mol. The first-order valence-electron chi connectivity index (χ1n) is 6.37. The molecule has 1 aliphatic heterocycles. The van der Waals surface area contributed by atoms with Gasteiger partial charge in [-0.05, 0) is 37.4 Å². The third kappa shape index (κ3) is 2.83. The lowest BCUT2D eigenvalue weighted by Gasteiger charge is -2.28. The van der Waals surface area contributed by atoms with Gasteiger partial charge in [-0.1, -0.05) is 25.8 Å². The Bertz CT molecular complexity index is 358. The van der Waals surface area contributed by atoms with Gasteiger partial charge >= 0.3 is 0 Å². The first-order chi connectivity index (χ1) is 8.20. The van der Waals surface area contributed by atoms with Gasteiger partial charge in [-0.3, -0.25) is 0 Å². The first-order valence-corrected chi connectivity index (χ1v) is 6.37. The normalized spacial score (nSPS) is 26.3. The highest BCUT2D eigenvalue weighted by molar-refractivity contribution is 5.24. The molecular formula is C14H19F2N. The molecule has 1 aromatic rings. The van der Waals surface area contributed by atoms with Gasteiger partial charge in [0.15, 0.2) is 0 Å². The van der Waals surface area contributed by atoms with Crippen LogP contribution in [0.3, 0.4) is 0 Å². The third-order valence-corrected chi connectivity index (χ3v) is 3.58. The van der Waals surface area contributed by atoms with Crippen molar-refractivity contribution in [1.29, 1.82) is 0 Å². The second-order valence-electron chi connectivity index (χ2n) is 4.89. The SMILES string of the molecule is CC1CCCCCNC1c1c(F)cccc1F. The van der Waals surface area contributed by atoms with E-state index in [-0.39, 0.29) is 17.5 Å². The lowest BCUT2D eigenvalue weighted by molar-refractivity contribution is 0.312. The van der Waals surface area contributed by atoms with Gasteiger partial charge < -0.3 is 5.32 Å². The largest absolute Gasteiger partial charge is 0.310 e. The van der Waals surface area contributed by atoms with Crippen molar-refractivity contribution < 1.29 is 8.78 Å². The molecule has 0 bridgehead atoms. The summed E-state index contributed by atoms with van der Waals surface area (Å²) in [5.41, 5.74) is 0.210. The molecule has 1 fully saturated rings. The highest BCUT2D eigenvalue weighted by Crippen LogP contribution is 2.31. The summed E-state index contributed by atoms with van der Waals surface area (Å²) >= 11 is 0. The summed E-state index contributed by atoms with van der Waals surface area (Å²) < 4.78 is 27.5. The zero-order chi connectivity index (χ0) is 12.3. The number of hydrogen-bond acceptors (Lipinski definition) is 1. The number of hydrogen-bond donors (Lipinski definition) is 1. The second-order valence-corrected chi connectivity index (χ2v) is 4.89. The van der Waals surface area contributed by atoms with Crippen molar-refractivity contribution in [3.05, 3.63) is 35.4 Å². The van der Waals surface area contributed by atoms with Crippen LogP contribution in [0.5, 0.6) is 0 Å². The molecule has 0 amide bonds. The fourth-order valence-corrected chi connectivity index (χ4v) is 2.59. The monoisotopic (exact) mass is 239 g/mol. The van der Waals surface area contributed by atoms with Crippen LogP contribution in [0.2, 0.25) is 0 Å². The second kappa shape index (κ2) is 5.58. The van der Waals surface area contributed by atoms with Crippen LogP contribution < -0.4 is 5.32 Å². The summed E-state index contributed by atoms with van der Waals surface area (Å²) in [4.78, 5) is 0. The Balaban J connectivity index is 2.28. The highest BCUT2D eigenvalue weighted by atomic mass is 19.1. The summed E-state index contributed by atoms with van der Waals surface area (Å²) in [6, 6.07) is 3.90. The maximum atomic E-state index is 13.8. The molecule has 1 aromatic carbocycles. The molecular weight excluding hydrogens is 220 g/mol. The van der Waals surface area contributed by atoms with Gasteiger partial charge in [0.1, 0.15) is 11.6 Å². The summed E-state index contributed by atoms with van der Waals surface area (Å²) in [5.74, 6) is -0.605. The molecule has 3 heteroatoms. The molecule has 94 valence electrons. The minimum absolute atomic E-state index is 0.198. The number of nitrogens with one attached hydrogen (secondary N) is 1. The Kier molecular flexibility index (Phi) is 4.11. The van der Waals surface area contributed by atoms with Gasteiger partial charge in [-0.25, -0.2) is 8.78 Å². The van der Waals surface area contributed by atoms with E-state index < -0.39 is 11.6 Å². The molecule has 0 saturated carbocycles. The van der Waals surface area contributed by atoms with E-state index in [4.69, 9.17) is 0 Å². The maximum Gasteiger partial charge on any atom is 0.130 e. The Morgan fingerprint density at radius 2 is 1.82 bits per heavy atom. The Labute approximate surface area is 101 Å². The Hall–Kier alpha value is -0.960. The fraction of sp³-hybridized carbons (Fsp3) is 0.571. The van der Waals surface area contributed by atoms with Crippen molar-refractivity contribution in [2.45, 2.75) is 38.6 Å². The molecule has 17 heavy (non-hydrogen) atoms. The predicted octanol–water partition coefficient (Wildman–Crippen LogP) is 3.81. The van der Waals surface area contributed by atoms with Crippen LogP contribution in [-0.2, 0) is 0 Å². The minimum Gasteiger partial charge on any atom is -0.310 e. The topological polar surface area (TPSA) is 12.0 Å². The Morgan fingerprint density at radius 1 is 1.12 bits per heavy atom. The van der Waals surface area contributed by atoms with Crippen LogP contribution >= 0.6 is 0 Å². The highest BCUT2D eigenvalue weighted by Gasteiger charge is 2.25. The van der Waals surface area contributed by atoms with E-state index in [9.17, 15) is 8.78 Å². The van der Waals surface area contributed by atoms with Crippen LogP contribution in [0.25, 0.3) is 0 Å². The van der Waals surface area contributed by atoms with Crippen LogP contribution in [0.4, 0.5) is 8.78 Å². The molecule has 1 heterocycles. The molecule has 2 atom stereocenters. The smallest absolute Gasteiger partial charge is 0.130 e. The average Bonchev–Trinajstić information content (AvgIpc) is 2.27. The van der Waals surface area contributed by atoms with Crippen molar-refractivity contribution in [3.63, 3.8) is 0 Å². The molecule has 1 nitrogen and oxygen atoms in total. The van der Waals surface area contributed by atoms with Gasteiger partial charge in [0.2, 0.25) is 0 Å². The zero-order valence-corrected chi connectivity index (χ0v) is 10.2. The van der Waals surface area contributed by atoms with E-state index in [2.05, 4.69) is 12.2 Å². The van der Waals surface area contributed by atoms with Gasteiger partial charge in [0.05, 0.1) is 0 Å². The van der Waals surface area contributed by atoms with E-state index in [1.807, 2.05) is 0 Å². The summed E-state index contributed by atoms with van der Waals surface area (Å²) in [7, 11) is 0. The van der Waals surface area contributed by atoms with Crippen molar-refractivity contribution in [1.82, 2.24) is 5.32 Å².